The number of aliphatic hydroxyl groups is 1. The summed E-state index contributed by atoms with van der Waals surface area (Å²) in [6.07, 6.45) is 0. The van der Waals surface area contributed by atoms with Crippen molar-refractivity contribution in [3.63, 3.8) is 0 Å². The standard InChI is InChI=1S/C15H19NO2.ClH/c1-15(2,9-17)14(16)12-7-8-13(18)11-6-4-3-5-10(11)12;/h3-8,14,17-18H,9,16H2,1-2H3;1H/t14-;/m0./s1. The fourth-order valence-corrected chi connectivity index (χ4v) is 2.10. The molecule has 3 nitrogen and oxygen atoms in total. The summed E-state index contributed by atoms with van der Waals surface area (Å²) in [4.78, 5) is 0. The molecule has 0 saturated heterocycles. The molecular formula is C15H20ClNO2. The molecule has 0 aromatic heterocycles. The zero-order chi connectivity index (χ0) is 13.3. The quantitative estimate of drug-likeness (QED) is 0.810. The third-order valence-electron chi connectivity index (χ3n) is 3.52. The molecule has 1 atom stereocenters. The van der Waals surface area contributed by atoms with Crippen LogP contribution in [0.15, 0.2) is 36.4 Å². The minimum absolute atomic E-state index is 0. The van der Waals surface area contributed by atoms with Crippen LogP contribution in [-0.4, -0.2) is 16.8 Å². The Bertz CT molecular complexity index is 569. The van der Waals surface area contributed by atoms with Crippen LogP contribution in [0.25, 0.3) is 10.8 Å². The summed E-state index contributed by atoms with van der Waals surface area (Å²) >= 11 is 0. The number of nitrogens with two attached hydrogens (primary N) is 1. The lowest BCUT2D eigenvalue weighted by Crippen LogP contribution is -2.32. The van der Waals surface area contributed by atoms with Gasteiger partial charge in [0.05, 0.1) is 0 Å². The lowest BCUT2D eigenvalue weighted by atomic mass is 9.80. The number of halogens is 1. The van der Waals surface area contributed by atoms with Crippen molar-refractivity contribution in [2.75, 3.05) is 6.61 Å². The maximum atomic E-state index is 9.85. The molecule has 0 radical (unpaired) electrons. The number of aromatic hydroxyl groups is 1. The summed E-state index contributed by atoms with van der Waals surface area (Å²) in [5, 5.41) is 21.0. The summed E-state index contributed by atoms with van der Waals surface area (Å²) in [6, 6.07) is 10.8. The molecule has 0 saturated carbocycles. The Balaban J connectivity index is 0.00000180. The van der Waals surface area contributed by atoms with Gasteiger partial charge in [0.15, 0.2) is 0 Å². The SMILES string of the molecule is CC(C)(CO)[C@@H](N)c1ccc(O)c2ccccc12.Cl. The van der Waals surface area contributed by atoms with Gasteiger partial charge >= 0.3 is 0 Å². The van der Waals surface area contributed by atoms with Gasteiger partial charge in [0.25, 0.3) is 0 Å². The van der Waals surface area contributed by atoms with Crippen LogP contribution < -0.4 is 5.73 Å². The topological polar surface area (TPSA) is 66.5 Å². The van der Waals surface area contributed by atoms with Crippen LogP contribution in [0.3, 0.4) is 0 Å². The van der Waals surface area contributed by atoms with Crippen molar-refractivity contribution in [3.05, 3.63) is 42.0 Å². The number of phenolic OH excluding ortho intramolecular Hbond substituents is 1. The molecule has 0 spiro atoms. The third kappa shape index (κ3) is 2.84. The number of fused-ring (bicyclic) bond motifs is 1. The molecule has 4 N–H and O–H groups in total. The van der Waals surface area contributed by atoms with Gasteiger partial charge in [0.1, 0.15) is 5.75 Å². The van der Waals surface area contributed by atoms with Crippen LogP contribution in [-0.2, 0) is 0 Å². The Morgan fingerprint density at radius 2 is 1.68 bits per heavy atom. The highest BCUT2D eigenvalue weighted by Crippen LogP contribution is 2.37. The summed E-state index contributed by atoms with van der Waals surface area (Å²) in [5.41, 5.74) is 6.80. The van der Waals surface area contributed by atoms with Crippen molar-refractivity contribution in [3.8, 4) is 5.75 Å². The average Bonchev–Trinajstić information content (AvgIpc) is 2.39. The smallest absolute Gasteiger partial charge is 0.123 e. The predicted octanol–water partition coefficient (Wildman–Crippen LogP) is 2.99. The van der Waals surface area contributed by atoms with Crippen molar-refractivity contribution in [2.45, 2.75) is 19.9 Å². The predicted molar refractivity (Wildman–Crippen MR) is 80.7 cm³/mol. The van der Waals surface area contributed by atoms with Crippen LogP contribution >= 0.6 is 12.4 Å². The molecule has 4 heteroatoms. The van der Waals surface area contributed by atoms with Crippen molar-refractivity contribution in [1.29, 1.82) is 0 Å². The van der Waals surface area contributed by atoms with Crippen molar-refractivity contribution in [1.82, 2.24) is 0 Å². The highest BCUT2D eigenvalue weighted by atomic mass is 35.5. The summed E-state index contributed by atoms with van der Waals surface area (Å²) in [7, 11) is 0. The van der Waals surface area contributed by atoms with E-state index in [1.165, 1.54) is 0 Å². The molecule has 2 aromatic rings. The molecular weight excluding hydrogens is 262 g/mol. The lowest BCUT2D eigenvalue weighted by Gasteiger charge is -2.30. The summed E-state index contributed by atoms with van der Waals surface area (Å²) < 4.78 is 0. The van der Waals surface area contributed by atoms with Crippen LogP contribution in [0.4, 0.5) is 0 Å². The first kappa shape index (κ1) is 15.8. The molecule has 0 aliphatic rings. The Labute approximate surface area is 119 Å². The van der Waals surface area contributed by atoms with Gasteiger partial charge in [-0.25, -0.2) is 0 Å². The first-order chi connectivity index (χ1) is 8.47. The van der Waals surface area contributed by atoms with Crippen LogP contribution in [0.1, 0.15) is 25.5 Å². The van der Waals surface area contributed by atoms with E-state index >= 15 is 0 Å². The Morgan fingerprint density at radius 1 is 1.11 bits per heavy atom. The number of hydrogen-bond donors (Lipinski definition) is 3. The first-order valence-corrected chi connectivity index (χ1v) is 6.04. The number of hydrogen-bond acceptors (Lipinski definition) is 3. The minimum atomic E-state index is -0.403. The highest BCUT2D eigenvalue weighted by molar-refractivity contribution is 5.91. The molecule has 0 bridgehead atoms. The molecule has 0 fully saturated rings. The number of benzene rings is 2. The number of aliphatic hydroxyl groups excluding tert-OH is 1. The second kappa shape index (κ2) is 5.78. The van der Waals surface area contributed by atoms with Crippen molar-refractivity contribution >= 4 is 23.2 Å². The van der Waals surface area contributed by atoms with E-state index in [1.807, 2.05) is 44.2 Å². The van der Waals surface area contributed by atoms with Gasteiger partial charge in [-0.15, -0.1) is 12.4 Å². The number of rotatable bonds is 3. The van der Waals surface area contributed by atoms with Crippen LogP contribution in [0, 0.1) is 5.41 Å². The molecule has 2 rings (SSSR count). The van der Waals surface area contributed by atoms with E-state index in [4.69, 9.17) is 5.73 Å². The summed E-state index contributed by atoms with van der Waals surface area (Å²) in [5.74, 6) is 0.253. The van der Waals surface area contributed by atoms with Gasteiger partial charge in [-0.2, -0.15) is 0 Å². The maximum absolute atomic E-state index is 9.85. The molecule has 0 heterocycles. The molecule has 2 aromatic carbocycles. The van der Waals surface area contributed by atoms with E-state index in [2.05, 4.69) is 0 Å². The average molecular weight is 282 g/mol. The Kier molecular flexibility index (Phi) is 4.80. The first-order valence-electron chi connectivity index (χ1n) is 6.04. The zero-order valence-corrected chi connectivity index (χ0v) is 11.9. The third-order valence-corrected chi connectivity index (χ3v) is 3.52. The van der Waals surface area contributed by atoms with Gasteiger partial charge in [0.2, 0.25) is 0 Å². The molecule has 19 heavy (non-hydrogen) atoms. The van der Waals surface area contributed by atoms with E-state index in [0.29, 0.717) is 0 Å². The number of phenols is 1. The molecule has 0 aliphatic heterocycles. The molecule has 0 amide bonds. The largest absolute Gasteiger partial charge is 0.507 e. The Hall–Kier alpha value is -1.29. The lowest BCUT2D eigenvalue weighted by molar-refractivity contribution is 0.133. The molecule has 104 valence electrons. The monoisotopic (exact) mass is 281 g/mol. The van der Waals surface area contributed by atoms with E-state index in [0.717, 1.165) is 16.3 Å². The summed E-state index contributed by atoms with van der Waals surface area (Å²) in [6.45, 7) is 3.88. The fraction of sp³-hybridized carbons (Fsp3) is 0.333. The van der Waals surface area contributed by atoms with Gasteiger partial charge in [-0.1, -0.05) is 44.2 Å². The van der Waals surface area contributed by atoms with Gasteiger partial charge in [-0.05, 0) is 17.0 Å². The molecule has 0 unspecified atom stereocenters. The zero-order valence-electron chi connectivity index (χ0n) is 11.1. The van der Waals surface area contributed by atoms with Crippen molar-refractivity contribution in [2.24, 2.45) is 11.1 Å². The second-order valence-electron chi connectivity index (χ2n) is 5.34. The second-order valence-corrected chi connectivity index (χ2v) is 5.34. The van der Waals surface area contributed by atoms with Crippen LogP contribution in [0.5, 0.6) is 5.75 Å². The molecule has 0 aliphatic carbocycles. The van der Waals surface area contributed by atoms with Gasteiger partial charge < -0.3 is 15.9 Å². The Morgan fingerprint density at radius 3 is 2.26 bits per heavy atom. The van der Waals surface area contributed by atoms with Gasteiger partial charge in [-0.3, -0.25) is 0 Å². The van der Waals surface area contributed by atoms with E-state index in [-0.39, 0.29) is 30.8 Å². The fourth-order valence-electron chi connectivity index (χ4n) is 2.10. The highest BCUT2D eigenvalue weighted by Gasteiger charge is 2.28. The van der Waals surface area contributed by atoms with E-state index < -0.39 is 5.41 Å². The van der Waals surface area contributed by atoms with Gasteiger partial charge in [0, 0.05) is 23.4 Å². The maximum Gasteiger partial charge on any atom is 0.123 e. The van der Waals surface area contributed by atoms with E-state index in [1.54, 1.807) is 6.07 Å². The van der Waals surface area contributed by atoms with Crippen molar-refractivity contribution < 1.29 is 10.2 Å². The van der Waals surface area contributed by atoms with Crippen LogP contribution in [0.2, 0.25) is 0 Å². The minimum Gasteiger partial charge on any atom is -0.507 e. The van der Waals surface area contributed by atoms with E-state index in [9.17, 15) is 10.2 Å². The normalized spacial score (nSPS) is 13.1.